The Morgan fingerprint density at radius 1 is 1.33 bits per heavy atom. The van der Waals surface area contributed by atoms with Gasteiger partial charge in [-0.05, 0) is 30.7 Å². The molecule has 0 aliphatic carbocycles. The average Bonchev–Trinajstić information content (AvgIpc) is 2.30. The molecule has 1 aliphatic rings. The molecule has 0 spiro atoms. The van der Waals surface area contributed by atoms with E-state index in [9.17, 15) is 4.39 Å². The summed E-state index contributed by atoms with van der Waals surface area (Å²) >= 11 is 0. The van der Waals surface area contributed by atoms with Crippen molar-refractivity contribution < 1.29 is 9.13 Å². The van der Waals surface area contributed by atoms with Crippen molar-refractivity contribution in [2.75, 3.05) is 20.2 Å². The SMILES string of the molecule is COC1CCNCC1c1ccc(F)cc1. The Morgan fingerprint density at radius 2 is 2.07 bits per heavy atom. The molecule has 0 radical (unpaired) electrons. The second kappa shape index (κ2) is 4.73. The second-order valence-corrected chi connectivity index (χ2v) is 3.92. The Kier molecular flexibility index (Phi) is 3.34. The van der Waals surface area contributed by atoms with Crippen LogP contribution in [0.3, 0.4) is 0 Å². The number of hydrogen-bond donors (Lipinski definition) is 1. The first-order chi connectivity index (χ1) is 7.31. The van der Waals surface area contributed by atoms with Gasteiger partial charge in [0.1, 0.15) is 5.82 Å². The Balaban J connectivity index is 2.16. The highest BCUT2D eigenvalue weighted by Gasteiger charge is 2.25. The molecule has 0 amide bonds. The summed E-state index contributed by atoms with van der Waals surface area (Å²) in [5.41, 5.74) is 1.15. The molecular weight excluding hydrogens is 193 g/mol. The Morgan fingerprint density at radius 3 is 2.73 bits per heavy atom. The molecule has 3 heteroatoms. The Hall–Kier alpha value is -0.930. The molecule has 2 atom stereocenters. The third-order valence-electron chi connectivity index (χ3n) is 3.02. The van der Waals surface area contributed by atoms with Gasteiger partial charge < -0.3 is 10.1 Å². The van der Waals surface area contributed by atoms with Crippen molar-refractivity contribution in [3.8, 4) is 0 Å². The zero-order chi connectivity index (χ0) is 10.7. The largest absolute Gasteiger partial charge is 0.381 e. The molecule has 15 heavy (non-hydrogen) atoms. The van der Waals surface area contributed by atoms with Gasteiger partial charge in [-0.15, -0.1) is 0 Å². The van der Waals surface area contributed by atoms with Crippen molar-refractivity contribution in [2.24, 2.45) is 0 Å². The summed E-state index contributed by atoms with van der Waals surface area (Å²) in [5, 5.41) is 3.34. The third-order valence-corrected chi connectivity index (χ3v) is 3.02. The predicted octanol–water partition coefficient (Wildman–Crippen LogP) is 1.92. The molecule has 1 aliphatic heterocycles. The fraction of sp³-hybridized carbons (Fsp3) is 0.500. The number of hydrogen-bond acceptors (Lipinski definition) is 2. The van der Waals surface area contributed by atoms with Crippen LogP contribution in [-0.4, -0.2) is 26.3 Å². The van der Waals surface area contributed by atoms with Crippen LogP contribution in [0.5, 0.6) is 0 Å². The number of ether oxygens (including phenoxy) is 1. The molecule has 1 heterocycles. The van der Waals surface area contributed by atoms with Gasteiger partial charge in [0.15, 0.2) is 0 Å². The van der Waals surface area contributed by atoms with Gasteiger partial charge in [0, 0.05) is 19.6 Å². The zero-order valence-corrected chi connectivity index (χ0v) is 8.87. The minimum Gasteiger partial charge on any atom is -0.381 e. The van der Waals surface area contributed by atoms with E-state index < -0.39 is 0 Å². The standard InChI is InChI=1S/C12H16FNO/c1-15-12-6-7-14-8-11(12)9-2-4-10(13)5-3-9/h2-5,11-12,14H,6-8H2,1H3. The van der Waals surface area contributed by atoms with Crippen molar-refractivity contribution >= 4 is 0 Å². The van der Waals surface area contributed by atoms with Gasteiger partial charge in [0.25, 0.3) is 0 Å². The van der Waals surface area contributed by atoms with Crippen LogP contribution >= 0.6 is 0 Å². The van der Waals surface area contributed by atoms with Gasteiger partial charge in [0.2, 0.25) is 0 Å². The lowest BCUT2D eigenvalue weighted by atomic mass is 9.89. The number of piperidine rings is 1. The molecule has 1 aromatic carbocycles. The molecular formula is C12H16FNO. The normalized spacial score (nSPS) is 26.5. The van der Waals surface area contributed by atoms with Crippen molar-refractivity contribution in [2.45, 2.75) is 18.4 Å². The predicted molar refractivity (Wildman–Crippen MR) is 57.4 cm³/mol. The maximum Gasteiger partial charge on any atom is 0.123 e. The summed E-state index contributed by atoms with van der Waals surface area (Å²) in [7, 11) is 1.74. The molecule has 1 aromatic rings. The van der Waals surface area contributed by atoms with E-state index in [0.717, 1.165) is 25.1 Å². The van der Waals surface area contributed by atoms with Crippen LogP contribution in [-0.2, 0) is 4.74 Å². The van der Waals surface area contributed by atoms with Crippen LogP contribution in [0.15, 0.2) is 24.3 Å². The van der Waals surface area contributed by atoms with E-state index in [2.05, 4.69) is 5.32 Å². The topological polar surface area (TPSA) is 21.3 Å². The molecule has 0 aromatic heterocycles. The van der Waals surface area contributed by atoms with E-state index in [1.54, 1.807) is 7.11 Å². The summed E-state index contributed by atoms with van der Waals surface area (Å²) in [5.74, 6) is 0.154. The van der Waals surface area contributed by atoms with E-state index in [-0.39, 0.29) is 11.9 Å². The van der Waals surface area contributed by atoms with Gasteiger partial charge in [-0.3, -0.25) is 0 Å². The molecule has 0 bridgehead atoms. The summed E-state index contributed by atoms with van der Waals surface area (Å²) in [4.78, 5) is 0. The van der Waals surface area contributed by atoms with E-state index in [4.69, 9.17) is 4.74 Å². The van der Waals surface area contributed by atoms with E-state index in [0.29, 0.717) is 5.92 Å². The maximum absolute atomic E-state index is 12.8. The van der Waals surface area contributed by atoms with Crippen LogP contribution in [0.1, 0.15) is 17.9 Å². The first-order valence-corrected chi connectivity index (χ1v) is 5.30. The summed E-state index contributed by atoms with van der Waals surface area (Å²) in [6.07, 6.45) is 1.26. The fourth-order valence-electron chi connectivity index (χ4n) is 2.16. The van der Waals surface area contributed by atoms with E-state index in [1.165, 1.54) is 12.1 Å². The van der Waals surface area contributed by atoms with Gasteiger partial charge in [-0.2, -0.15) is 0 Å². The molecule has 1 N–H and O–H groups in total. The average molecular weight is 209 g/mol. The number of methoxy groups -OCH3 is 1. The molecule has 82 valence electrons. The van der Waals surface area contributed by atoms with Crippen molar-refractivity contribution in [3.63, 3.8) is 0 Å². The Labute approximate surface area is 89.4 Å². The van der Waals surface area contributed by atoms with E-state index >= 15 is 0 Å². The molecule has 1 saturated heterocycles. The number of nitrogens with one attached hydrogen (secondary N) is 1. The molecule has 0 saturated carbocycles. The molecule has 2 unspecified atom stereocenters. The van der Waals surface area contributed by atoms with Crippen LogP contribution in [0.25, 0.3) is 0 Å². The lowest BCUT2D eigenvalue weighted by Gasteiger charge is -2.31. The Bertz CT molecular complexity index is 312. The highest BCUT2D eigenvalue weighted by molar-refractivity contribution is 5.22. The highest BCUT2D eigenvalue weighted by Crippen LogP contribution is 2.25. The monoisotopic (exact) mass is 209 g/mol. The highest BCUT2D eigenvalue weighted by atomic mass is 19.1. The number of rotatable bonds is 2. The van der Waals surface area contributed by atoms with Gasteiger partial charge in [0.05, 0.1) is 6.10 Å². The minimum absolute atomic E-state index is 0.184. The van der Waals surface area contributed by atoms with Crippen LogP contribution < -0.4 is 5.32 Å². The lowest BCUT2D eigenvalue weighted by molar-refractivity contribution is 0.0585. The van der Waals surface area contributed by atoms with Crippen LogP contribution in [0, 0.1) is 5.82 Å². The summed E-state index contributed by atoms with van der Waals surface area (Å²) in [6.45, 7) is 1.90. The van der Waals surface area contributed by atoms with Crippen molar-refractivity contribution in [3.05, 3.63) is 35.6 Å². The number of halogens is 1. The summed E-state index contributed by atoms with van der Waals surface area (Å²) < 4.78 is 18.2. The van der Waals surface area contributed by atoms with Crippen LogP contribution in [0.2, 0.25) is 0 Å². The molecule has 1 fully saturated rings. The molecule has 2 rings (SSSR count). The maximum atomic E-state index is 12.8. The fourth-order valence-corrected chi connectivity index (χ4v) is 2.16. The first-order valence-electron chi connectivity index (χ1n) is 5.30. The van der Waals surface area contributed by atoms with Crippen molar-refractivity contribution in [1.29, 1.82) is 0 Å². The van der Waals surface area contributed by atoms with Crippen LogP contribution in [0.4, 0.5) is 4.39 Å². The van der Waals surface area contributed by atoms with Crippen molar-refractivity contribution in [1.82, 2.24) is 5.32 Å². The number of benzene rings is 1. The quantitative estimate of drug-likeness (QED) is 0.803. The van der Waals surface area contributed by atoms with E-state index in [1.807, 2.05) is 12.1 Å². The minimum atomic E-state index is -0.184. The molecule has 2 nitrogen and oxygen atoms in total. The first kappa shape index (κ1) is 10.6. The van der Waals surface area contributed by atoms with Gasteiger partial charge in [-0.1, -0.05) is 12.1 Å². The third kappa shape index (κ3) is 2.36. The van der Waals surface area contributed by atoms with Gasteiger partial charge >= 0.3 is 0 Å². The zero-order valence-electron chi connectivity index (χ0n) is 8.87. The van der Waals surface area contributed by atoms with Gasteiger partial charge in [-0.25, -0.2) is 4.39 Å². The second-order valence-electron chi connectivity index (χ2n) is 3.92. The summed E-state index contributed by atoms with van der Waals surface area (Å²) in [6, 6.07) is 6.71. The lowest BCUT2D eigenvalue weighted by Crippen LogP contribution is -2.39. The smallest absolute Gasteiger partial charge is 0.123 e.